The minimum atomic E-state index is -0.790. The van der Waals surface area contributed by atoms with E-state index in [9.17, 15) is 14.7 Å². The molecular formula is C40H68O5. The van der Waals surface area contributed by atoms with Crippen LogP contribution in [0.4, 0.5) is 0 Å². The number of aliphatic hydroxyl groups excluding tert-OH is 1. The molecule has 0 radical (unpaired) electrons. The molecule has 0 aromatic rings. The lowest BCUT2D eigenvalue weighted by Crippen LogP contribution is -2.28. The van der Waals surface area contributed by atoms with Crippen LogP contribution in [-0.2, 0) is 19.1 Å². The predicted molar refractivity (Wildman–Crippen MR) is 191 cm³/mol. The highest BCUT2D eigenvalue weighted by Gasteiger charge is 2.16. The topological polar surface area (TPSA) is 72.8 Å². The van der Waals surface area contributed by atoms with Crippen molar-refractivity contribution in [1.82, 2.24) is 0 Å². The highest BCUT2D eigenvalue weighted by molar-refractivity contribution is 5.70. The van der Waals surface area contributed by atoms with Crippen molar-refractivity contribution in [2.75, 3.05) is 13.2 Å². The van der Waals surface area contributed by atoms with Gasteiger partial charge in [-0.05, 0) is 77.0 Å². The first-order chi connectivity index (χ1) is 22.1. The van der Waals surface area contributed by atoms with E-state index in [0.29, 0.717) is 12.8 Å². The summed E-state index contributed by atoms with van der Waals surface area (Å²) in [6, 6.07) is 0. The Bertz CT molecular complexity index is 808. The number of hydrogen-bond donors (Lipinski definition) is 1. The molecule has 1 atom stereocenters. The van der Waals surface area contributed by atoms with Crippen LogP contribution < -0.4 is 0 Å². The van der Waals surface area contributed by atoms with Crippen LogP contribution in [-0.4, -0.2) is 36.4 Å². The number of unbranched alkanes of at least 4 members (excludes halogenated alkanes) is 14. The number of carbonyl (C=O) groups is 2. The van der Waals surface area contributed by atoms with Crippen LogP contribution in [0.1, 0.15) is 162 Å². The Morgan fingerprint density at radius 3 is 1.47 bits per heavy atom. The van der Waals surface area contributed by atoms with Gasteiger partial charge in [-0.25, -0.2) is 0 Å². The molecule has 0 amide bonds. The zero-order valence-corrected chi connectivity index (χ0v) is 29.1. The van der Waals surface area contributed by atoms with Crippen molar-refractivity contribution in [2.24, 2.45) is 0 Å². The summed E-state index contributed by atoms with van der Waals surface area (Å²) in [5, 5.41) is 9.52. The Hall–Kier alpha value is -2.40. The van der Waals surface area contributed by atoms with Crippen molar-refractivity contribution in [3.8, 4) is 0 Å². The molecule has 0 saturated carbocycles. The molecule has 5 heteroatoms. The first-order valence-electron chi connectivity index (χ1n) is 18.3. The zero-order chi connectivity index (χ0) is 32.9. The standard InChI is InChI=1S/C40H68O5/c1-3-5-7-9-11-13-15-17-18-19-20-21-23-24-26-28-30-32-34-39(42)44-37-38(36-41)45-40(43)35-33-31-29-27-25-22-16-14-12-10-8-6-4-2/h6,8,12-15,18-19,22,25,38,41H,3-5,7,9-11,16-17,20-21,23-24,26-37H2,1-2H3/b8-6-,14-12-,15-13-,19-18-,25-22-. The summed E-state index contributed by atoms with van der Waals surface area (Å²) in [6.07, 6.45) is 45.6. The van der Waals surface area contributed by atoms with Gasteiger partial charge in [0.1, 0.15) is 6.61 Å². The van der Waals surface area contributed by atoms with Crippen LogP contribution in [0.15, 0.2) is 60.8 Å². The van der Waals surface area contributed by atoms with Crippen molar-refractivity contribution in [3.05, 3.63) is 60.8 Å². The summed E-state index contributed by atoms with van der Waals surface area (Å²) in [6.45, 7) is 3.96. The number of ether oxygens (including phenoxy) is 2. The predicted octanol–water partition coefficient (Wildman–Crippen LogP) is 11.2. The molecule has 0 bridgehead atoms. The molecule has 0 aliphatic carbocycles. The Balaban J connectivity index is 3.63. The summed E-state index contributed by atoms with van der Waals surface area (Å²) < 4.78 is 10.5. The fourth-order valence-corrected chi connectivity index (χ4v) is 4.77. The zero-order valence-electron chi connectivity index (χ0n) is 29.1. The molecule has 1 N–H and O–H groups in total. The van der Waals surface area contributed by atoms with Gasteiger partial charge < -0.3 is 14.6 Å². The Morgan fingerprint density at radius 2 is 0.956 bits per heavy atom. The van der Waals surface area contributed by atoms with Crippen molar-refractivity contribution in [1.29, 1.82) is 0 Å². The molecule has 0 aromatic heterocycles. The number of carbonyl (C=O) groups excluding carboxylic acids is 2. The monoisotopic (exact) mass is 629 g/mol. The summed E-state index contributed by atoms with van der Waals surface area (Å²) >= 11 is 0. The first kappa shape index (κ1) is 42.6. The van der Waals surface area contributed by atoms with Crippen LogP contribution >= 0.6 is 0 Å². The molecule has 0 aromatic carbocycles. The van der Waals surface area contributed by atoms with E-state index in [2.05, 4.69) is 74.6 Å². The molecule has 0 fully saturated rings. The van der Waals surface area contributed by atoms with E-state index in [-0.39, 0.29) is 25.2 Å². The van der Waals surface area contributed by atoms with E-state index in [4.69, 9.17) is 9.47 Å². The second-order valence-electron chi connectivity index (χ2n) is 11.9. The molecular weight excluding hydrogens is 560 g/mol. The molecule has 0 spiro atoms. The van der Waals surface area contributed by atoms with Gasteiger partial charge in [-0.2, -0.15) is 0 Å². The molecule has 0 heterocycles. The SMILES string of the molecule is CC/C=C\C/C=C\C/C=C\CCCCCC(=O)OC(CO)COC(=O)CCCCCCCCC/C=C\C/C=C\CCCCCC. The number of aliphatic hydroxyl groups is 1. The summed E-state index contributed by atoms with van der Waals surface area (Å²) in [7, 11) is 0. The van der Waals surface area contributed by atoms with Crippen LogP contribution in [0.25, 0.3) is 0 Å². The average molecular weight is 629 g/mol. The van der Waals surface area contributed by atoms with Gasteiger partial charge in [-0.1, -0.05) is 132 Å². The van der Waals surface area contributed by atoms with E-state index >= 15 is 0 Å². The normalized spacial score (nSPS) is 12.9. The van der Waals surface area contributed by atoms with Crippen molar-refractivity contribution in [2.45, 2.75) is 168 Å². The van der Waals surface area contributed by atoms with Crippen LogP contribution in [0.5, 0.6) is 0 Å². The molecule has 0 saturated heterocycles. The molecule has 0 aliphatic heterocycles. The van der Waals surface area contributed by atoms with Gasteiger partial charge in [-0.15, -0.1) is 0 Å². The van der Waals surface area contributed by atoms with Crippen molar-refractivity contribution in [3.63, 3.8) is 0 Å². The van der Waals surface area contributed by atoms with Gasteiger partial charge in [0, 0.05) is 12.8 Å². The smallest absolute Gasteiger partial charge is 0.306 e. The molecule has 5 nitrogen and oxygen atoms in total. The minimum Gasteiger partial charge on any atom is -0.462 e. The fraction of sp³-hybridized carbons (Fsp3) is 0.700. The quantitative estimate of drug-likeness (QED) is 0.0456. The second kappa shape index (κ2) is 36.1. The van der Waals surface area contributed by atoms with Crippen LogP contribution in [0.3, 0.4) is 0 Å². The molecule has 45 heavy (non-hydrogen) atoms. The van der Waals surface area contributed by atoms with E-state index in [0.717, 1.165) is 77.0 Å². The van der Waals surface area contributed by atoms with Crippen molar-refractivity contribution < 1.29 is 24.2 Å². The van der Waals surface area contributed by atoms with Gasteiger partial charge in [0.15, 0.2) is 6.10 Å². The Morgan fingerprint density at radius 1 is 0.533 bits per heavy atom. The lowest BCUT2D eigenvalue weighted by atomic mass is 10.1. The first-order valence-corrected chi connectivity index (χ1v) is 18.3. The fourth-order valence-electron chi connectivity index (χ4n) is 4.77. The highest BCUT2D eigenvalue weighted by atomic mass is 16.6. The molecule has 258 valence electrons. The van der Waals surface area contributed by atoms with E-state index in [1.165, 1.54) is 57.8 Å². The van der Waals surface area contributed by atoms with Gasteiger partial charge in [0.2, 0.25) is 0 Å². The molecule has 0 aliphatic rings. The lowest BCUT2D eigenvalue weighted by molar-refractivity contribution is -0.161. The van der Waals surface area contributed by atoms with Gasteiger partial charge in [0.25, 0.3) is 0 Å². The third-order valence-electron chi connectivity index (χ3n) is 7.55. The lowest BCUT2D eigenvalue weighted by Gasteiger charge is -2.15. The number of esters is 2. The van der Waals surface area contributed by atoms with Gasteiger partial charge in [0.05, 0.1) is 6.61 Å². The molecule has 1 unspecified atom stereocenters. The van der Waals surface area contributed by atoms with E-state index < -0.39 is 6.10 Å². The highest BCUT2D eigenvalue weighted by Crippen LogP contribution is 2.12. The van der Waals surface area contributed by atoms with E-state index in [1.807, 2.05) is 0 Å². The van der Waals surface area contributed by atoms with Crippen LogP contribution in [0.2, 0.25) is 0 Å². The van der Waals surface area contributed by atoms with Gasteiger partial charge in [-0.3, -0.25) is 9.59 Å². The summed E-state index contributed by atoms with van der Waals surface area (Å²) in [5.41, 5.74) is 0. The van der Waals surface area contributed by atoms with Crippen LogP contribution in [0, 0.1) is 0 Å². The second-order valence-corrected chi connectivity index (χ2v) is 11.9. The minimum absolute atomic E-state index is 0.0843. The largest absolute Gasteiger partial charge is 0.462 e. The number of rotatable bonds is 32. The average Bonchev–Trinajstić information content (AvgIpc) is 3.04. The third kappa shape index (κ3) is 34.3. The number of hydrogen-bond acceptors (Lipinski definition) is 5. The maximum Gasteiger partial charge on any atom is 0.306 e. The van der Waals surface area contributed by atoms with Gasteiger partial charge >= 0.3 is 11.9 Å². The maximum absolute atomic E-state index is 12.1. The third-order valence-corrected chi connectivity index (χ3v) is 7.55. The number of allylic oxidation sites excluding steroid dienone is 10. The summed E-state index contributed by atoms with van der Waals surface area (Å²) in [4.78, 5) is 24.2. The van der Waals surface area contributed by atoms with E-state index in [1.54, 1.807) is 0 Å². The maximum atomic E-state index is 12.1. The molecule has 0 rings (SSSR count). The summed E-state index contributed by atoms with van der Waals surface area (Å²) in [5.74, 6) is -0.640. The Labute approximate surface area is 277 Å². The van der Waals surface area contributed by atoms with Crippen molar-refractivity contribution >= 4 is 11.9 Å². The Kier molecular flexibility index (Phi) is 34.1.